The van der Waals surface area contributed by atoms with E-state index in [-0.39, 0.29) is 17.7 Å². The zero-order valence-electron chi connectivity index (χ0n) is 13.8. The molecule has 130 valence electrons. The van der Waals surface area contributed by atoms with Gasteiger partial charge in [-0.1, -0.05) is 40.9 Å². The molecule has 2 aromatic carbocycles. The zero-order valence-corrected chi connectivity index (χ0v) is 15.3. The van der Waals surface area contributed by atoms with Gasteiger partial charge in [0.2, 0.25) is 5.91 Å². The van der Waals surface area contributed by atoms with Crippen LogP contribution < -0.4 is 10.2 Å². The van der Waals surface area contributed by atoms with E-state index >= 15 is 0 Å². The van der Waals surface area contributed by atoms with Crippen LogP contribution in [0.4, 0.5) is 5.69 Å². The molecule has 1 saturated heterocycles. The van der Waals surface area contributed by atoms with Gasteiger partial charge in [-0.05, 0) is 37.3 Å². The van der Waals surface area contributed by atoms with Gasteiger partial charge >= 0.3 is 0 Å². The largest absolute Gasteiger partial charge is 0.352 e. The van der Waals surface area contributed by atoms with Crippen molar-refractivity contribution >= 4 is 40.7 Å². The lowest BCUT2D eigenvalue weighted by Crippen LogP contribution is -2.31. The molecular formula is C19H18Cl2N2O2. The molecule has 0 radical (unpaired) electrons. The van der Waals surface area contributed by atoms with Crippen LogP contribution in [-0.4, -0.2) is 24.9 Å². The second kappa shape index (κ2) is 7.46. The van der Waals surface area contributed by atoms with Crippen LogP contribution in [0.5, 0.6) is 0 Å². The van der Waals surface area contributed by atoms with E-state index < -0.39 is 0 Å². The first-order valence-corrected chi connectivity index (χ1v) is 8.80. The maximum absolute atomic E-state index is 12.3. The van der Waals surface area contributed by atoms with Gasteiger partial charge in [0.25, 0.3) is 5.91 Å². The fourth-order valence-corrected chi connectivity index (χ4v) is 3.27. The monoisotopic (exact) mass is 376 g/mol. The Bertz CT molecular complexity index is 806. The average molecular weight is 377 g/mol. The SMILES string of the molecule is Cc1ccc(N2CC(CNC(=O)c3cc(Cl)ccc3Cl)CC2=O)cc1. The van der Waals surface area contributed by atoms with Crippen LogP contribution >= 0.6 is 23.2 Å². The molecular weight excluding hydrogens is 359 g/mol. The molecule has 1 fully saturated rings. The number of hydrogen-bond donors (Lipinski definition) is 1. The van der Waals surface area contributed by atoms with Gasteiger partial charge in [-0.25, -0.2) is 0 Å². The molecule has 1 unspecified atom stereocenters. The lowest BCUT2D eigenvalue weighted by Gasteiger charge is -2.17. The minimum Gasteiger partial charge on any atom is -0.352 e. The molecule has 6 heteroatoms. The van der Waals surface area contributed by atoms with Crippen molar-refractivity contribution in [2.45, 2.75) is 13.3 Å². The predicted octanol–water partition coefficient (Wildman–Crippen LogP) is 4.08. The van der Waals surface area contributed by atoms with Crippen LogP contribution in [-0.2, 0) is 4.79 Å². The van der Waals surface area contributed by atoms with Crippen LogP contribution in [0, 0.1) is 12.8 Å². The topological polar surface area (TPSA) is 49.4 Å². The van der Waals surface area contributed by atoms with E-state index in [0.717, 1.165) is 11.3 Å². The van der Waals surface area contributed by atoms with Crippen molar-refractivity contribution in [3.05, 3.63) is 63.6 Å². The van der Waals surface area contributed by atoms with Crippen molar-refractivity contribution in [2.75, 3.05) is 18.0 Å². The highest BCUT2D eigenvalue weighted by Gasteiger charge is 2.30. The Morgan fingerprint density at radius 3 is 2.64 bits per heavy atom. The van der Waals surface area contributed by atoms with E-state index in [4.69, 9.17) is 23.2 Å². The molecule has 3 rings (SSSR count). The highest BCUT2D eigenvalue weighted by molar-refractivity contribution is 6.35. The minimum absolute atomic E-state index is 0.0655. The van der Waals surface area contributed by atoms with E-state index in [1.807, 2.05) is 31.2 Å². The predicted molar refractivity (Wildman–Crippen MR) is 100 cm³/mol. The molecule has 1 heterocycles. The lowest BCUT2D eigenvalue weighted by molar-refractivity contribution is -0.117. The van der Waals surface area contributed by atoms with Crippen molar-refractivity contribution in [1.29, 1.82) is 0 Å². The number of aryl methyl sites for hydroxylation is 1. The molecule has 2 amide bonds. The Morgan fingerprint density at radius 1 is 1.20 bits per heavy atom. The Labute approximate surface area is 156 Å². The molecule has 1 aliphatic rings. The van der Waals surface area contributed by atoms with E-state index in [9.17, 15) is 9.59 Å². The summed E-state index contributed by atoms with van der Waals surface area (Å²) in [7, 11) is 0. The standard InChI is InChI=1S/C19H18Cl2N2O2/c1-12-2-5-15(6-3-12)23-11-13(8-18(23)24)10-22-19(25)16-9-14(20)4-7-17(16)21/h2-7,9,13H,8,10-11H2,1H3,(H,22,25). The summed E-state index contributed by atoms with van der Waals surface area (Å²) in [4.78, 5) is 26.3. The molecule has 0 spiro atoms. The second-order valence-electron chi connectivity index (χ2n) is 6.24. The van der Waals surface area contributed by atoms with Crippen LogP contribution in [0.2, 0.25) is 10.0 Å². The number of nitrogens with one attached hydrogen (secondary N) is 1. The number of carbonyl (C=O) groups excluding carboxylic acids is 2. The number of carbonyl (C=O) groups is 2. The molecule has 0 bridgehead atoms. The Morgan fingerprint density at radius 2 is 1.92 bits per heavy atom. The van der Waals surface area contributed by atoms with Gasteiger partial charge in [0.1, 0.15) is 0 Å². The smallest absolute Gasteiger partial charge is 0.252 e. The second-order valence-corrected chi connectivity index (χ2v) is 7.09. The maximum Gasteiger partial charge on any atom is 0.252 e. The van der Waals surface area contributed by atoms with Crippen LogP contribution in [0.1, 0.15) is 22.3 Å². The molecule has 2 aromatic rings. The van der Waals surface area contributed by atoms with Crippen molar-refractivity contribution in [3.8, 4) is 0 Å². The fourth-order valence-electron chi connectivity index (χ4n) is 2.90. The van der Waals surface area contributed by atoms with Gasteiger partial charge in [-0.3, -0.25) is 9.59 Å². The van der Waals surface area contributed by atoms with Crippen molar-refractivity contribution < 1.29 is 9.59 Å². The maximum atomic E-state index is 12.3. The fraction of sp³-hybridized carbons (Fsp3) is 0.263. The van der Waals surface area contributed by atoms with Gasteiger partial charge in [0.15, 0.2) is 0 Å². The first-order chi connectivity index (χ1) is 11.9. The Kier molecular flexibility index (Phi) is 5.30. The summed E-state index contributed by atoms with van der Waals surface area (Å²) >= 11 is 12.0. The van der Waals surface area contributed by atoms with Gasteiger partial charge < -0.3 is 10.2 Å². The number of halogens is 2. The molecule has 1 aliphatic heterocycles. The molecule has 4 nitrogen and oxygen atoms in total. The number of rotatable bonds is 4. The van der Waals surface area contributed by atoms with Crippen LogP contribution in [0.15, 0.2) is 42.5 Å². The molecule has 25 heavy (non-hydrogen) atoms. The highest BCUT2D eigenvalue weighted by Crippen LogP contribution is 2.25. The van der Waals surface area contributed by atoms with Gasteiger partial charge in [0.05, 0.1) is 10.6 Å². The average Bonchev–Trinajstić information content (AvgIpc) is 2.96. The molecule has 0 saturated carbocycles. The summed E-state index contributed by atoms with van der Waals surface area (Å²) in [6.07, 6.45) is 0.414. The van der Waals surface area contributed by atoms with E-state index in [2.05, 4.69) is 5.32 Å². The summed E-state index contributed by atoms with van der Waals surface area (Å²) in [5.41, 5.74) is 2.38. The Balaban J connectivity index is 1.61. The summed E-state index contributed by atoms with van der Waals surface area (Å²) < 4.78 is 0. The third kappa shape index (κ3) is 4.14. The molecule has 0 aliphatic carbocycles. The van der Waals surface area contributed by atoms with E-state index in [1.54, 1.807) is 17.0 Å². The summed E-state index contributed by atoms with van der Waals surface area (Å²) in [5.74, 6) is -0.145. The molecule has 1 N–H and O–H groups in total. The summed E-state index contributed by atoms with van der Waals surface area (Å²) in [6.45, 7) is 3.01. The first-order valence-electron chi connectivity index (χ1n) is 8.04. The van der Waals surface area contributed by atoms with Gasteiger partial charge in [-0.2, -0.15) is 0 Å². The van der Waals surface area contributed by atoms with E-state index in [0.29, 0.717) is 35.1 Å². The lowest BCUT2D eigenvalue weighted by atomic mass is 10.1. The van der Waals surface area contributed by atoms with Crippen molar-refractivity contribution in [1.82, 2.24) is 5.32 Å². The number of benzene rings is 2. The van der Waals surface area contributed by atoms with Gasteiger partial charge in [-0.15, -0.1) is 0 Å². The van der Waals surface area contributed by atoms with Crippen LogP contribution in [0.25, 0.3) is 0 Å². The van der Waals surface area contributed by atoms with Crippen LogP contribution in [0.3, 0.4) is 0 Å². The molecule has 0 aromatic heterocycles. The Hall–Kier alpha value is -2.04. The first kappa shape index (κ1) is 17.8. The number of hydrogen-bond acceptors (Lipinski definition) is 2. The summed E-state index contributed by atoms with van der Waals surface area (Å²) in [6, 6.07) is 12.6. The summed E-state index contributed by atoms with van der Waals surface area (Å²) in [5, 5.41) is 3.66. The quantitative estimate of drug-likeness (QED) is 0.873. The third-order valence-corrected chi connectivity index (χ3v) is 4.84. The van der Waals surface area contributed by atoms with Crippen molar-refractivity contribution in [3.63, 3.8) is 0 Å². The van der Waals surface area contributed by atoms with Gasteiger partial charge in [0, 0.05) is 36.1 Å². The minimum atomic E-state index is -0.284. The van der Waals surface area contributed by atoms with Crippen molar-refractivity contribution in [2.24, 2.45) is 5.92 Å². The number of anilines is 1. The zero-order chi connectivity index (χ0) is 18.0. The third-order valence-electron chi connectivity index (χ3n) is 4.28. The number of amides is 2. The normalized spacial score (nSPS) is 17.0. The highest BCUT2D eigenvalue weighted by atomic mass is 35.5. The number of nitrogens with zero attached hydrogens (tertiary/aromatic N) is 1. The molecule has 1 atom stereocenters. The van der Waals surface area contributed by atoms with E-state index in [1.165, 1.54) is 6.07 Å².